The van der Waals surface area contributed by atoms with Gasteiger partial charge in [-0.3, -0.25) is 4.79 Å². The lowest BCUT2D eigenvalue weighted by molar-refractivity contribution is -0.134. The first-order valence-corrected chi connectivity index (χ1v) is 9.48. The van der Waals surface area contributed by atoms with E-state index in [0.717, 1.165) is 64.5 Å². The van der Waals surface area contributed by atoms with Gasteiger partial charge < -0.3 is 20.0 Å². The highest BCUT2D eigenvalue weighted by Crippen LogP contribution is 2.22. The van der Waals surface area contributed by atoms with Crippen molar-refractivity contribution in [1.29, 1.82) is 0 Å². The molecule has 2 atom stereocenters. The Bertz CT molecular complexity index is 546. The molecule has 2 aliphatic rings. The van der Waals surface area contributed by atoms with E-state index in [0.29, 0.717) is 6.04 Å². The first-order chi connectivity index (χ1) is 12.2. The van der Waals surface area contributed by atoms with Gasteiger partial charge in [0, 0.05) is 51.5 Å². The van der Waals surface area contributed by atoms with Crippen molar-refractivity contribution in [3.8, 4) is 0 Å². The third-order valence-corrected chi connectivity index (χ3v) is 5.39. The summed E-state index contributed by atoms with van der Waals surface area (Å²) in [5, 5.41) is 11.7. The van der Waals surface area contributed by atoms with Crippen molar-refractivity contribution in [2.24, 2.45) is 0 Å². The first-order valence-electron chi connectivity index (χ1n) is 9.48. The second kappa shape index (κ2) is 8.58. The summed E-state index contributed by atoms with van der Waals surface area (Å²) in [5.74, 6) is 1.15. The van der Waals surface area contributed by atoms with Crippen LogP contribution in [0.4, 0.5) is 5.82 Å². The van der Waals surface area contributed by atoms with E-state index in [1.165, 1.54) is 0 Å². The van der Waals surface area contributed by atoms with E-state index in [4.69, 9.17) is 0 Å². The number of nitrogens with one attached hydrogen (secondary N) is 1. The molecule has 1 N–H and O–H groups in total. The Morgan fingerprint density at radius 1 is 1.32 bits per heavy atom. The van der Waals surface area contributed by atoms with Crippen LogP contribution in [0.2, 0.25) is 0 Å². The number of rotatable bonds is 6. The number of aromatic nitrogens is 2. The summed E-state index contributed by atoms with van der Waals surface area (Å²) < 4.78 is 0. The lowest BCUT2D eigenvalue weighted by Crippen LogP contribution is -2.54. The monoisotopic (exact) mass is 346 g/mol. The summed E-state index contributed by atoms with van der Waals surface area (Å²) in [6.45, 7) is 10.7. The molecule has 7 nitrogen and oxygen atoms in total. The van der Waals surface area contributed by atoms with Crippen LogP contribution in [0.3, 0.4) is 0 Å². The normalized spacial score (nSPS) is 23.0. The summed E-state index contributed by atoms with van der Waals surface area (Å²) in [5.41, 5.74) is 0. The number of anilines is 1. The molecule has 0 saturated carbocycles. The van der Waals surface area contributed by atoms with Crippen LogP contribution in [-0.2, 0) is 4.79 Å². The van der Waals surface area contributed by atoms with Crippen molar-refractivity contribution in [3.63, 3.8) is 0 Å². The quantitative estimate of drug-likeness (QED) is 0.813. The zero-order chi connectivity index (χ0) is 17.6. The zero-order valence-corrected chi connectivity index (χ0v) is 15.4. The molecule has 25 heavy (non-hydrogen) atoms. The SMILES string of the molecule is CCN1CCN(C(=O)[C@@H](C)NC[C@H]2CCCN2c2cccnn2)CC1. The van der Waals surface area contributed by atoms with Gasteiger partial charge in [-0.1, -0.05) is 6.92 Å². The Balaban J connectivity index is 1.48. The Labute approximate surface area is 150 Å². The van der Waals surface area contributed by atoms with Crippen LogP contribution < -0.4 is 10.2 Å². The summed E-state index contributed by atoms with van der Waals surface area (Å²) in [4.78, 5) is 19.3. The second-order valence-electron chi connectivity index (χ2n) is 6.96. The topological polar surface area (TPSA) is 64.6 Å². The number of nitrogens with zero attached hydrogens (tertiary/aromatic N) is 5. The highest BCUT2D eigenvalue weighted by atomic mass is 16.2. The van der Waals surface area contributed by atoms with Crippen molar-refractivity contribution in [2.45, 2.75) is 38.8 Å². The van der Waals surface area contributed by atoms with Gasteiger partial charge in [0.2, 0.25) is 5.91 Å². The maximum absolute atomic E-state index is 12.7. The van der Waals surface area contributed by atoms with Crippen molar-refractivity contribution in [2.75, 3.05) is 50.7 Å². The molecule has 3 rings (SSSR count). The van der Waals surface area contributed by atoms with E-state index in [1.54, 1.807) is 6.20 Å². The van der Waals surface area contributed by atoms with Crippen LogP contribution in [-0.4, -0.2) is 83.8 Å². The fraction of sp³-hybridized carbons (Fsp3) is 0.722. The molecule has 0 bridgehead atoms. The predicted octanol–water partition coefficient (Wildman–Crippen LogP) is 0.588. The van der Waals surface area contributed by atoms with Gasteiger partial charge in [-0.25, -0.2) is 0 Å². The van der Waals surface area contributed by atoms with E-state index in [-0.39, 0.29) is 11.9 Å². The van der Waals surface area contributed by atoms with E-state index in [9.17, 15) is 4.79 Å². The summed E-state index contributed by atoms with van der Waals surface area (Å²) in [7, 11) is 0. The average Bonchev–Trinajstić information content (AvgIpc) is 3.15. The van der Waals surface area contributed by atoms with Gasteiger partial charge in [-0.05, 0) is 38.4 Å². The second-order valence-corrected chi connectivity index (χ2v) is 6.96. The van der Waals surface area contributed by atoms with Gasteiger partial charge in [-0.15, -0.1) is 5.10 Å². The minimum absolute atomic E-state index is 0.141. The van der Waals surface area contributed by atoms with Gasteiger partial charge in [-0.2, -0.15) is 5.10 Å². The number of hydrogen-bond acceptors (Lipinski definition) is 6. The van der Waals surface area contributed by atoms with Crippen molar-refractivity contribution >= 4 is 11.7 Å². The number of carbonyl (C=O) groups is 1. The standard InChI is InChI=1S/C18H30N6O/c1-3-22-10-12-23(13-11-22)18(25)15(2)19-14-16-6-5-9-24(16)17-7-4-8-20-21-17/h4,7-8,15-16,19H,3,5-6,9-14H2,1-2H3/t15-,16-/m1/s1. The van der Waals surface area contributed by atoms with Crippen molar-refractivity contribution in [3.05, 3.63) is 18.3 Å². The van der Waals surface area contributed by atoms with Crippen LogP contribution in [0.5, 0.6) is 0 Å². The maximum atomic E-state index is 12.7. The fourth-order valence-corrected chi connectivity index (χ4v) is 3.75. The van der Waals surface area contributed by atoms with Crippen molar-refractivity contribution in [1.82, 2.24) is 25.3 Å². The lowest BCUT2D eigenvalue weighted by atomic mass is 10.2. The third-order valence-electron chi connectivity index (χ3n) is 5.39. The Morgan fingerprint density at radius 2 is 2.12 bits per heavy atom. The van der Waals surface area contributed by atoms with E-state index >= 15 is 0 Å². The van der Waals surface area contributed by atoms with Gasteiger partial charge in [0.1, 0.15) is 0 Å². The molecule has 1 aromatic rings. The number of likely N-dealkylation sites (N-methyl/N-ethyl adjacent to an activating group) is 1. The fourth-order valence-electron chi connectivity index (χ4n) is 3.75. The molecule has 0 unspecified atom stereocenters. The van der Waals surface area contributed by atoms with Crippen LogP contribution in [0.15, 0.2) is 18.3 Å². The van der Waals surface area contributed by atoms with Crippen LogP contribution in [0, 0.1) is 0 Å². The first kappa shape index (κ1) is 18.1. The number of amides is 1. The predicted molar refractivity (Wildman–Crippen MR) is 98.6 cm³/mol. The molecule has 2 aliphatic heterocycles. The molecule has 2 saturated heterocycles. The molecule has 0 aromatic carbocycles. The van der Waals surface area contributed by atoms with Gasteiger partial charge in [0.15, 0.2) is 5.82 Å². The van der Waals surface area contributed by atoms with Gasteiger partial charge >= 0.3 is 0 Å². The molecule has 138 valence electrons. The molecule has 0 radical (unpaired) electrons. The number of hydrogen-bond donors (Lipinski definition) is 1. The summed E-state index contributed by atoms with van der Waals surface area (Å²) in [6.07, 6.45) is 3.98. The van der Waals surface area contributed by atoms with Gasteiger partial charge in [0.25, 0.3) is 0 Å². The highest BCUT2D eigenvalue weighted by molar-refractivity contribution is 5.81. The third kappa shape index (κ3) is 4.46. The molecule has 0 spiro atoms. The Kier molecular flexibility index (Phi) is 6.20. The minimum Gasteiger partial charge on any atom is -0.351 e. The molecular weight excluding hydrogens is 316 g/mol. The van der Waals surface area contributed by atoms with Crippen LogP contribution in [0.1, 0.15) is 26.7 Å². The molecular formula is C18H30N6O. The zero-order valence-electron chi connectivity index (χ0n) is 15.4. The van der Waals surface area contributed by atoms with Gasteiger partial charge in [0.05, 0.1) is 6.04 Å². The molecule has 1 aromatic heterocycles. The smallest absolute Gasteiger partial charge is 0.239 e. The lowest BCUT2D eigenvalue weighted by Gasteiger charge is -2.36. The molecule has 0 aliphatic carbocycles. The Morgan fingerprint density at radius 3 is 2.80 bits per heavy atom. The number of carbonyl (C=O) groups excluding carboxylic acids is 1. The molecule has 3 heterocycles. The van der Waals surface area contributed by atoms with Crippen LogP contribution >= 0.6 is 0 Å². The molecule has 1 amide bonds. The number of piperazine rings is 1. The minimum atomic E-state index is -0.141. The van der Waals surface area contributed by atoms with Crippen molar-refractivity contribution < 1.29 is 4.79 Å². The maximum Gasteiger partial charge on any atom is 0.239 e. The summed E-state index contributed by atoms with van der Waals surface area (Å²) in [6, 6.07) is 4.17. The molecule has 2 fully saturated rings. The largest absolute Gasteiger partial charge is 0.351 e. The Hall–Kier alpha value is -1.73. The van der Waals surface area contributed by atoms with E-state index in [1.807, 2.05) is 24.0 Å². The summed E-state index contributed by atoms with van der Waals surface area (Å²) >= 11 is 0. The van der Waals surface area contributed by atoms with E-state index in [2.05, 4.69) is 32.2 Å². The van der Waals surface area contributed by atoms with Crippen LogP contribution in [0.25, 0.3) is 0 Å². The highest BCUT2D eigenvalue weighted by Gasteiger charge is 2.28. The molecule has 7 heteroatoms. The van der Waals surface area contributed by atoms with E-state index < -0.39 is 0 Å². The average molecular weight is 346 g/mol.